The van der Waals surface area contributed by atoms with Gasteiger partial charge in [0.15, 0.2) is 6.10 Å². The molecule has 7 heteroatoms. The van der Waals surface area contributed by atoms with Crippen molar-refractivity contribution in [2.24, 2.45) is 0 Å². The van der Waals surface area contributed by atoms with Gasteiger partial charge in [0.2, 0.25) is 6.10 Å². The number of esters is 1. The van der Waals surface area contributed by atoms with Gasteiger partial charge in [0.25, 0.3) is 12.2 Å². The summed E-state index contributed by atoms with van der Waals surface area (Å²) in [6.07, 6.45) is -2.05. The van der Waals surface area contributed by atoms with Gasteiger partial charge in [0.1, 0.15) is 0 Å². The van der Waals surface area contributed by atoms with Crippen molar-refractivity contribution in [3.8, 4) is 0 Å². The molecule has 0 aliphatic rings. The second kappa shape index (κ2) is 9.27. The summed E-state index contributed by atoms with van der Waals surface area (Å²) >= 11 is 0. The van der Waals surface area contributed by atoms with Crippen LogP contribution in [0.2, 0.25) is 0 Å². The lowest BCUT2D eigenvalue weighted by Gasteiger charge is -2.22. The van der Waals surface area contributed by atoms with Gasteiger partial charge in [-0.25, -0.2) is 4.79 Å². The van der Waals surface area contributed by atoms with Crippen LogP contribution in [0.3, 0.4) is 0 Å². The van der Waals surface area contributed by atoms with Gasteiger partial charge in [-0.15, -0.1) is 0 Å². The molecule has 1 unspecified atom stereocenters. The second-order valence-electron chi connectivity index (χ2n) is 6.10. The number of rotatable bonds is 8. The number of benzene rings is 3. The Bertz CT molecular complexity index is 934. The molecule has 29 heavy (non-hydrogen) atoms. The van der Waals surface area contributed by atoms with E-state index in [9.17, 15) is 19.7 Å². The molecule has 3 aromatic rings. The number of nitrogens with zero attached hydrogens (tertiary/aromatic N) is 1. The minimum atomic E-state index is -1.34. The van der Waals surface area contributed by atoms with Crippen molar-refractivity contribution in [2.75, 3.05) is 0 Å². The Hall–Kier alpha value is -4.00. The molecule has 0 heterocycles. The maximum absolute atomic E-state index is 12.9. The molecule has 0 bridgehead atoms. The molecule has 0 saturated carbocycles. The van der Waals surface area contributed by atoms with Gasteiger partial charge in [-0.3, -0.25) is 14.9 Å². The zero-order valence-electron chi connectivity index (χ0n) is 15.2. The Kier molecular flexibility index (Phi) is 6.32. The van der Waals surface area contributed by atoms with Crippen molar-refractivity contribution >= 4 is 18.1 Å². The topological polar surface area (TPSA) is 95.7 Å². The van der Waals surface area contributed by atoms with Gasteiger partial charge in [-0.05, 0) is 23.3 Å². The molecule has 0 amide bonds. The van der Waals surface area contributed by atoms with E-state index in [0.717, 1.165) is 11.1 Å². The standard InChI is InChI=1S/C22H17NO6/c24-15-28-21(18-11-13-19(14-12-18)23(26)27)22(25)29-20(16-7-3-1-4-8-16)17-9-5-2-6-10-17/h1-15,20-21H. The van der Waals surface area contributed by atoms with E-state index in [-0.39, 0.29) is 17.7 Å². The molecule has 0 aromatic heterocycles. The van der Waals surface area contributed by atoms with E-state index in [2.05, 4.69) is 0 Å². The fraction of sp³-hybridized carbons (Fsp3) is 0.0909. The van der Waals surface area contributed by atoms with Crippen LogP contribution in [0.4, 0.5) is 5.69 Å². The second-order valence-corrected chi connectivity index (χ2v) is 6.10. The van der Waals surface area contributed by atoms with Crippen molar-refractivity contribution in [2.45, 2.75) is 12.2 Å². The number of hydrogen-bond donors (Lipinski definition) is 0. The highest BCUT2D eigenvalue weighted by atomic mass is 16.6. The lowest BCUT2D eigenvalue weighted by atomic mass is 10.0. The molecule has 0 aliphatic carbocycles. The molecule has 0 N–H and O–H groups in total. The van der Waals surface area contributed by atoms with E-state index in [4.69, 9.17) is 9.47 Å². The Morgan fingerprint density at radius 1 is 0.828 bits per heavy atom. The SMILES string of the molecule is O=COC(C(=O)OC(c1ccccc1)c1ccccc1)c1ccc([N+](=O)[O-])cc1. The van der Waals surface area contributed by atoms with Gasteiger partial charge in [0.05, 0.1) is 4.92 Å². The fourth-order valence-electron chi connectivity index (χ4n) is 2.86. The van der Waals surface area contributed by atoms with Crippen LogP contribution in [-0.4, -0.2) is 17.4 Å². The summed E-state index contributed by atoms with van der Waals surface area (Å²) in [4.78, 5) is 34.1. The number of nitro benzene ring substituents is 1. The van der Waals surface area contributed by atoms with Crippen molar-refractivity contribution in [1.82, 2.24) is 0 Å². The minimum Gasteiger partial charge on any atom is -0.450 e. The van der Waals surface area contributed by atoms with Crippen LogP contribution >= 0.6 is 0 Å². The van der Waals surface area contributed by atoms with Crippen LogP contribution < -0.4 is 0 Å². The molecule has 0 spiro atoms. The Labute approximate surface area is 166 Å². The molecular formula is C22H17NO6. The van der Waals surface area contributed by atoms with Crippen molar-refractivity contribution in [3.05, 3.63) is 112 Å². The van der Waals surface area contributed by atoms with Crippen molar-refractivity contribution < 1.29 is 24.0 Å². The van der Waals surface area contributed by atoms with E-state index < -0.39 is 23.1 Å². The summed E-state index contributed by atoms with van der Waals surface area (Å²) in [6, 6.07) is 23.5. The van der Waals surface area contributed by atoms with Crippen LogP contribution in [0.5, 0.6) is 0 Å². The van der Waals surface area contributed by atoms with Gasteiger partial charge < -0.3 is 9.47 Å². The first-order valence-corrected chi connectivity index (χ1v) is 8.74. The van der Waals surface area contributed by atoms with Gasteiger partial charge in [-0.2, -0.15) is 0 Å². The Morgan fingerprint density at radius 2 is 1.34 bits per heavy atom. The van der Waals surface area contributed by atoms with Crippen molar-refractivity contribution in [1.29, 1.82) is 0 Å². The van der Waals surface area contributed by atoms with E-state index in [1.54, 1.807) is 0 Å². The Balaban J connectivity index is 1.90. The number of hydrogen-bond acceptors (Lipinski definition) is 6. The highest BCUT2D eigenvalue weighted by Gasteiger charge is 2.28. The molecule has 3 rings (SSSR count). The highest BCUT2D eigenvalue weighted by Crippen LogP contribution is 2.29. The van der Waals surface area contributed by atoms with Crippen LogP contribution in [0, 0.1) is 10.1 Å². The summed E-state index contributed by atoms with van der Waals surface area (Å²) in [5, 5.41) is 10.8. The average Bonchev–Trinajstić information content (AvgIpc) is 2.77. The molecule has 3 aromatic carbocycles. The first-order valence-electron chi connectivity index (χ1n) is 8.74. The quantitative estimate of drug-likeness (QED) is 0.248. The number of carbonyl (C=O) groups excluding carboxylic acids is 2. The molecular weight excluding hydrogens is 374 g/mol. The van der Waals surface area contributed by atoms with E-state index in [1.807, 2.05) is 60.7 Å². The summed E-state index contributed by atoms with van der Waals surface area (Å²) in [6.45, 7) is 0.146. The number of non-ortho nitro benzene ring substituents is 1. The zero-order valence-corrected chi connectivity index (χ0v) is 15.2. The van der Waals surface area contributed by atoms with Crippen LogP contribution in [-0.2, 0) is 19.1 Å². The Morgan fingerprint density at radius 3 is 1.79 bits per heavy atom. The first-order chi connectivity index (χ1) is 14.1. The van der Waals surface area contributed by atoms with Crippen molar-refractivity contribution in [3.63, 3.8) is 0 Å². The smallest absolute Gasteiger partial charge is 0.353 e. The molecule has 0 aliphatic heterocycles. The third-order valence-corrected chi connectivity index (χ3v) is 4.25. The van der Waals surface area contributed by atoms with E-state index in [1.165, 1.54) is 24.3 Å². The first kappa shape index (κ1) is 19.8. The normalized spacial score (nSPS) is 11.5. The maximum Gasteiger partial charge on any atom is 0.353 e. The lowest BCUT2D eigenvalue weighted by Crippen LogP contribution is -2.21. The third-order valence-electron chi connectivity index (χ3n) is 4.25. The third kappa shape index (κ3) is 4.84. The highest BCUT2D eigenvalue weighted by molar-refractivity contribution is 5.78. The van der Waals surface area contributed by atoms with Crippen LogP contribution in [0.1, 0.15) is 28.9 Å². The van der Waals surface area contributed by atoms with Gasteiger partial charge in [-0.1, -0.05) is 60.7 Å². The predicted molar refractivity (Wildman–Crippen MR) is 104 cm³/mol. The minimum absolute atomic E-state index is 0.140. The predicted octanol–water partition coefficient (Wildman–Crippen LogP) is 4.14. The van der Waals surface area contributed by atoms with E-state index >= 15 is 0 Å². The van der Waals surface area contributed by atoms with Gasteiger partial charge in [0, 0.05) is 17.7 Å². The average molecular weight is 391 g/mol. The summed E-state index contributed by atoms with van der Waals surface area (Å²) in [5.74, 6) is -0.788. The number of nitro groups is 1. The van der Waals surface area contributed by atoms with Gasteiger partial charge >= 0.3 is 5.97 Å². The molecule has 7 nitrogen and oxygen atoms in total. The molecule has 146 valence electrons. The summed E-state index contributed by atoms with van der Waals surface area (Å²) in [5.41, 5.74) is 1.63. The maximum atomic E-state index is 12.9. The van der Waals surface area contributed by atoms with Crippen LogP contribution in [0.15, 0.2) is 84.9 Å². The molecule has 0 radical (unpaired) electrons. The monoisotopic (exact) mass is 391 g/mol. The molecule has 0 saturated heterocycles. The zero-order chi connectivity index (χ0) is 20.6. The van der Waals surface area contributed by atoms with Crippen LogP contribution in [0.25, 0.3) is 0 Å². The fourth-order valence-corrected chi connectivity index (χ4v) is 2.86. The largest absolute Gasteiger partial charge is 0.450 e. The summed E-state index contributed by atoms with van der Waals surface area (Å²) < 4.78 is 10.7. The molecule has 0 fully saturated rings. The number of ether oxygens (including phenoxy) is 2. The van der Waals surface area contributed by atoms with E-state index in [0.29, 0.717) is 0 Å². The lowest BCUT2D eigenvalue weighted by molar-refractivity contribution is -0.384. The number of carbonyl (C=O) groups is 2. The summed E-state index contributed by atoms with van der Waals surface area (Å²) in [7, 11) is 0. The molecule has 1 atom stereocenters.